The van der Waals surface area contributed by atoms with Gasteiger partial charge in [0, 0.05) is 25.7 Å². The van der Waals surface area contributed by atoms with Crippen LogP contribution >= 0.6 is 0 Å². The second-order valence-electron chi connectivity index (χ2n) is 6.10. The van der Waals surface area contributed by atoms with Gasteiger partial charge in [0.05, 0.1) is 24.9 Å². The lowest BCUT2D eigenvalue weighted by Crippen LogP contribution is -2.36. The van der Waals surface area contributed by atoms with Crippen LogP contribution in [0.25, 0.3) is 22.3 Å². The number of aryl methyl sites for hydroxylation is 1. The van der Waals surface area contributed by atoms with E-state index in [4.69, 9.17) is 14.2 Å². The first-order valence-electron chi connectivity index (χ1n) is 8.63. The quantitative estimate of drug-likeness (QED) is 0.637. The normalized spacial score (nSPS) is 10.9. The lowest BCUT2D eigenvalue weighted by molar-refractivity contribution is -0.145. The molecule has 0 spiro atoms. The minimum absolute atomic E-state index is 0.207. The number of ether oxygens (including phenoxy) is 3. The van der Waals surface area contributed by atoms with E-state index in [1.807, 2.05) is 0 Å². The number of methoxy groups -OCH3 is 1. The fourth-order valence-electron chi connectivity index (χ4n) is 2.93. The standard InChI is InChI=1S/C19H21N3O6/c1-5-27-16(23)10-28-11-6-7-12(15(8-11)26-4)13-9-14-17(20-13)18(24)22(3)19(25)21(14)2/h6-9,20H,5,10H2,1-4H3. The molecule has 0 radical (unpaired) electrons. The molecule has 9 heteroatoms. The first-order chi connectivity index (χ1) is 13.4. The Balaban J connectivity index is 2.01. The maximum Gasteiger partial charge on any atom is 0.344 e. The number of fused-ring (bicyclic) bond motifs is 1. The number of nitrogens with one attached hydrogen (secondary N) is 1. The van der Waals surface area contributed by atoms with Crippen molar-refractivity contribution in [1.82, 2.24) is 14.1 Å². The van der Waals surface area contributed by atoms with Crippen LogP contribution in [0.4, 0.5) is 0 Å². The predicted octanol–water partition coefficient (Wildman–Crippen LogP) is 1.18. The Bertz CT molecular complexity index is 1150. The highest BCUT2D eigenvalue weighted by Crippen LogP contribution is 2.33. The van der Waals surface area contributed by atoms with Gasteiger partial charge in [-0.25, -0.2) is 9.59 Å². The number of carbonyl (C=O) groups is 1. The molecule has 0 saturated carbocycles. The molecular formula is C19H21N3O6. The van der Waals surface area contributed by atoms with Crippen LogP contribution in [0.3, 0.4) is 0 Å². The molecule has 0 amide bonds. The number of H-pyrrole nitrogens is 1. The molecule has 1 N–H and O–H groups in total. The SMILES string of the molecule is CCOC(=O)COc1ccc(-c2cc3c([nH]2)c(=O)n(C)c(=O)n3C)c(OC)c1. The van der Waals surface area contributed by atoms with Crippen molar-refractivity contribution in [3.8, 4) is 22.8 Å². The van der Waals surface area contributed by atoms with E-state index in [-0.39, 0.29) is 13.2 Å². The van der Waals surface area contributed by atoms with Crippen LogP contribution < -0.4 is 20.7 Å². The molecule has 9 nitrogen and oxygen atoms in total. The van der Waals surface area contributed by atoms with E-state index in [2.05, 4.69) is 4.98 Å². The Kier molecular flexibility index (Phi) is 5.25. The highest BCUT2D eigenvalue weighted by molar-refractivity contribution is 5.84. The van der Waals surface area contributed by atoms with Crippen molar-refractivity contribution in [2.24, 2.45) is 14.1 Å². The molecule has 0 aliphatic rings. The lowest BCUT2D eigenvalue weighted by Gasteiger charge is -2.10. The number of hydrogen-bond donors (Lipinski definition) is 1. The first-order valence-corrected chi connectivity index (χ1v) is 8.63. The zero-order chi connectivity index (χ0) is 20.4. The summed E-state index contributed by atoms with van der Waals surface area (Å²) in [4.78, 5) is 39.0. The van der Waals surface area contributed by atoms with Gasteiger partial charge in [-0.15, -0.1) is 0 Å². The number of hydrogen-bond acceptors (Lipinski definition) is 6. The van der Waals surface area contributed by atoms with Gasteiger partial charge in [0.15, 0.2) is 6.61 Å². The fraction of sp³-hybridized carbons (Fsp3) is 0.316. The number of aromatic nitrogens is 3. The van der Waals surface area contributed by atoms with Crippen LogP contribution in [-0.4, -0.2) is 40.4 Å². The van der Waals surface area contributed by atoms with Gasteiger partial charge >= 0.3 is 11.7 Å². The molecule has 3 aromatic rings. The van der Waals surface area contributed by atoms with Gasteiger partial charge in [-0.3, -0.25) is 13.9 Å². The largest absolute Gasteiger partial charge is 0.496 e. The molecule has 3 rings (SSSR count). The van der Waals surface area contributed by atoms with E-state index < -0.39 is 17.2 Å². The maximum atomic E-state index is 12.4. The average molecular weight is 387 g/mol. The van der Waals surface area contributed by atoms with E-state index in [0.29, 0.717) is 33.8 Å². The summed E-state index contributed by atoms with van der Waals surface area (Å²) in [6.07, 6.45) is 0. The molecule has 0 saturated heterocycles. The van der Waals surface area contributed by atoms with Gasteiger partial charge < -0.3 is 19.2 Å². The molecule has 1 aromatic carbocycles. The van der Waals surface area contributed by atoms with E-state index in [0.717, 1.165) is 4.57 Å². The zero-order valence-electron chi connectivity index (χ0n) is 16.1. The molecule has 0 fully saturated rings. The summed E-state index contributed by atoms with van der Waals surface area (Å²) >= 11 is 0. The number of rotatable bonds is 6. The van der Waals surface area contributed by atoms with Gasteiger partial charge in [0.2, 0.25) is 0 Å². The summed E-state index contributed by atoms with van der Waals surface area (Å²) in [5.74, 6) is 0.459. The van der Waals surface area contributed by atoms with E-state index in [1.165, 1.54) is 18.7 Å². The third-order valence-corrected chi connectivity index (χ3v) is 4.38. The van der Waals surface area contributed by atoms with Crippen molar-refractivity contribution >= 4 is 17.0 Å². The van der Waals surface area contributed by atoms with E-state index in [1.54, 1.807) is 38.2 Å². The highest BCUT2D eigenvalue weighted by atomic mass is 16.6. The smallest absolute Gasteiger partial charge is 0.344 e. The maximum absolute atomic E-state index is 12.4. The number of carbonyl (C=O) groups excluding carboxylic acids is 1. The molecule has 0 unspecified atom stereocenters. The molecule has 0 aliphatic carbocycles. The monoisotopic (exact) mass is 387 g/mol. The first kappa shape index (κ1) is 19.3. The van der Waals surface area contributed by atoms with Crippen molar-refractivity contribution in [1.29, 1.82) is 0 Å². The lowest BCUT2D eigenvalue weighted by atomic mass is 10.1. The molecule has 2 aromatic heterocycles. The highest BCUT2D eigenvalue weighted by Gasteiger charge is 2.16. The minimum Gasteiger partial charge on any atom is -0.496 e. The van der Waals surface area contributed by atoms with Gasteiger partial charge in [-0.05, 0) is 25.1 Å². The number of aromatic amines is 1. The summed E-state index contributed by atoms with van der Waals surface area (Å²) < 4.78 is 18.1. The van der Waals surface area contributed by atoms with Gasteiger partial charge in [0.1, 0.15) is 17.0 Å². The van der Waals surface area contributed by atoms with Gasteiger partial charge in [0.25, 0.3) is 5.56 Å². The average Bonchev–Trinajstić information content (AvgIpc) is 3.14. The third-order valence-electron chi connectivity index (χ3n) is 4.38. The topological polar surface area (TPSA) is 105 Å². The van der Waals surface area contributed by atoms with Crippen molar-refractivity contribution < 1.29 is 19.0 Å². The minimum atomic E-state index is -0.460. The summed E-state index contributed by atoms with van der Waals surface area (Å²) in [7, 11) is 4.54. The van der Waals surface area contributed by atoms with Gasteiger partial charge in [-0.2, -0.15) is 0 Å². The van der Waals surface area contributed by atoms with Crippen LogP contribution in [0.2, 0.25) is 0 Å². The van der Waals surface area contributed by atoms with Crippen molar-refractivity contribution in [2.45, 2.75) is 6.92 Å². The molecule has 2 heterocycles. The third kappa shape index (κ3) is 3.38. The van der Waals surface area contributed by atoms with Crippen LogP contribution in [0, 0.1) is 0 Å². The van der Waals surface area contributed by atoms with Gasteiger partial charge in [-0.1, -0.05) is 0 Å². The molecule has 148 valence electrons. The van der Waals surface area contributed by atoms with Crippen molar-refractivity contribution in [3.05, 3.63) is 45.1 Å². The fourth-order valence-corrected chi connectivity index (χ4v) is 2.93. The second-order valence-corrected chi connectivity index (χ2v) is 6.10. The summed E-state index contributed by atoms with van der Waals surface area (Å²) in [5.41, 5.74) is 1.30. The summed E-state index contributed by atoms with van der Waals surface area (Å²) in [6, 6.07) is 6.78. The number of benzene rings is 1. The summed E-state index contributed by atoms with van der Waals surface area (Å²) in [6.45, 7) is 1.80. The van der Waals surface area contributed by atoms with E-state index in [9.17, 15) is 14.4 Å². The molecule has 28 heavy (non-hydrogen) atoms. The van der Waals surface area contributed by atoms with Crippen LogP contribution in [0.5, 0.6) is 11.5 Å². The Morgan fingerprint density at radius 1 is 1.14 bits per heavy atom. The van der Waals surface area contributed by atoms with Crippen LogP contribution in [0.1, 0.15) is 6.92 Å². The second kappa shape index (κ2) is 7.63. The molecule has 0 bridgehead atoms. The Labute approximate surface area is 160 Å². The van der Waals surface area contributed by atoms with Crippen LogP contribution in [0.15, 0.2) is 33.9 Å². The van der Waals surface area contributed by atoms with Crippen molar-refractivity contribution in [3.63, 3.8) is 0 Å². The number of esters is 1. The number of nitrogens with zero attached hydrogens (tertiary/aromatic N) is 2. The molecular weight excluding hydrogens is 366 g/mol. The van der Waals surface area contributed by atoms with Crippen molar-refractivity contribution in [2.75, 3.05) is 20.3 Å². The Morgan fingerprint density at radius 3 is 2.57 bits per heavy atom. The molecule has 0 atom stereocenters. The summed E-state index contributed by atoms with van der Waals surface area (Å²) in [5, 5.41) is 0. The zero-order valence-corrected chi connectivity index (χ0v) is 16.1. The van der Waals surface area contributed by atoms with E-state index >= 15 is 0 Å². The predicted molar refractivity (Wildman–Crippen MR) is 103 cm³/mol. The Morgan fingerprint density at radius 2 is 1.89 bits per heavy atom. The molecule has 0 aliphatic heterocycles. The Hall–Kier alpha value is -3.49. The van der Waals surface area contributed by atoms with Crippen LogP contribution in [-0.2, 0) is 23.6 Å².